The van der Waals surface area contributed by atoms with Gasteiger partial charge in [-0.25, -0.2) is 0 Å². The van der Waals surface area contributed by atoms with Crippen molar-refractivity contribution in [1.82, 2.24) is 25.0 Å². The lowest BCUT2D eigenvalue weighted by Crippen LogP contribution is -2.15. The summed E-state index contributed by atoms with van der Waals surface area (Å²) < 4.78 is 8.06. The minimum absolute atomic E-state index is 0.123. The molecule has 1 aliphatic rings. The van der Waals surface area contributed by atoms with Crippen LogP contribution in [-0.2, 0) is 11.3 Å². The van der Waals surface area contributed by atoms with Crippen molar-refractivity contribution >= 4 is 34.1 Å². The summed E-state index contributed by atoms with van der Waals surface area (Å²) in [7, 11) is 0. The predicted molar refractivity (Wildman–Crippen MR) is 131 cm³/mol. The number of ether oxygens (including phenoxy) is 1. The molecule has 0 bridgehead atoms. The number of aromatic nitrogens is 5. The van der Waals surface area contributed by atoms with E-state index in [4.69, 9.17) is 4.74 Å². The molecule has 4 rings (SSSR count). The van der Waals surface area contributed by atoms with Crippen LogP contribution in [0.5, 0.6) is 5.75 Å². The van der Waals surface area contributed by atoms with Gasteiger partial charge < -0.3 is 9.30 Å². The molecule has 8 nitrogen and oxygen atoms in total. The molecule has 1 unspecified atom stereocenters. The van der Waals surface area contributed by atoms with E-state index in [9.17, 15) is 4.79 Å². The summed E-state index contributed by atoms with van der Waals surface area (Å²) in [4.78, 5) is 12.5. The number of nitrogens with one attached hydrogen (secondary N) is 1. The van der Waals surface area contributed by atoms with Crippen LogP contribution >= 0.6 is 23.1 Å². The molecule has 2 aromatic heterocycles. The van der Waals surface area contributed by atoms with Crippen molar-refractivity contribution in [1.29, 1.82) is 0 Å². The Labute approximate surface area is 202 Å². The molecule has 0 radical (unpaired) electrons. The van der Waals surface area contributed by atoms with Crippen LogP contribution in [0.2, 0.25) is 0 Å². The Morgan fingerprint density at radius 2 is 2.06 bits per heavy atom. The van der Waals surface area contributed by atoms with E-state index in [1.165, 1.54) is 55.2 Å². The zero-order valence-electron chi connectivity index (χ0n) is 19.3. The molecule has 33 heavy (non-hydrogen) atoms. The molecular weight excluding hydrogens is 456 g/mol. The van der Waals surface area contributed by atoms with Crippen LogP contribution in [0.15, 0.2) is 29.4 Å². The number of anilines is 1. The first-order valence-electron chi connectivity index (χ1n) is 11.5. The van der Waals surface area contributed by atoms with Crippen LogP contribution in [0.3, 0.4) is 0 Å². The molecule has 176 valence electrons. The number of carbonyl (C=O) groups excluding carboxylic acids is 1. The number of aryl methyl sites for hydroxylation is 1. The first-order chi connectivity index (χ1) is 16.0. The minimum Gasteiger partial charge on any atom is -0.483 e. The molecular formula is C23H30N6O2S2. The highest BCUT2D eigenvalue weighted by atomic mass is 32.2. The fourth-order valence-electron chi connectivity index (χ4n) is 4.04. The van der Waals surface area contributed by atoms with Gasteiger partial charge in [0.25, 0.3) is 0 Å². The smallest absolute Gasteiger partial charge is 0.236 e. The van der Waals surface area contributed by atoms with Crippen molar-refractivity contribution in [3.05, 3.63) is 40.7 Å². The summed E-state index contributed by atoms with van der Waals surface area (Å²) in [5, 5.41) is 22.3. The zero-order valence-corrected chi connectivity index (χ0v) is 20.9. The van der Waals surface area contributed by atoms with Crippen molar-refractivity contribution < 1.29 is 9.53 Å². The van der Waals surface area contributed by atoms with Gasteiger partial charge in [-0.2, -0.15) is 0 Å². The average molecular weight is 487 g/mol. The van der Waals surface area contributed by atoms with Crippen LogP contribution in [0.1, 0.15) is 74.4 Å². The third kappa shape index (κ3) is 6.11. The minimum atomic E-state index is -0.262. The first-order valence-corrected chi connectivity index (χ1v) is 13.3. The topological polar surface area (TPSA) is 94.8 Å². The molecule has 0 spiro atoms. The SMILES string of the molecule is CCn1c(SCC(=O)Nc2nnc(C3CCCCC3)s2)nnc1C(C)Oc1cccc(C)c1. The van der Waals surface area contributed by atoms with E-state index in [1.807, 2.05) is 49.6 Å². The molecule has 0 aliphatic heterocycles. The van der Waals surface area contributed by atoms with Gasteiger partial charge in [0.05, 0.1) is 5.75 Å². The van der Waals surface area contributed by atoms with Gasteiger partial charge in [0.1, 0.15) is 10.8 Å². The molecule has 10 heteroatoms. The number of carbonyl (C=O) groups is 1. The first kappa shape index (κ1) is 23.7. The van der Waals surface area contributed by atoms with E-state index in [1.54, 1.807) is 0 Å². The van der Waals surface area contributed by atoms with Gasteiger partial charge in [-0.1, -0.05) is 54.5 Å². The number of nitrogens with zero attached hydrogens (tertiary/aromatic N) is 5. The second-order valence-corrected chi connectivity index (χ2v) is 10.2. The number of hydrogen-bond donors (Lipinski definition) is 1. The zero-order chi connectivity index (χ0) is 23.2. The Kier molecular flexibility index (Phi) is 7.97. The van der Waals surface area contributed by atoms with Crippen molar-refractivity contribution in [2.75, 3.05) is 11.1 Å². The fraction of sp³-hybridized carbons (Fsp3) is 0.522. The van der Waals surface area contributed by atoms with E-state index < -0.39 is 0 Å². The van der Waals surface area contributed by atoms with Crippen LogP contribution in [0, 0.1) is 6.92 Å². The van der Waals surface area contributed by atoms with Gasteiger partial charge in [-0.15, -0.1) is 20.4 Å². The van der Waals surface area contributed by atoms with Gasteiger partial charge in [-0.05, 0) is 51.3 Å². The van der Waals surface area contributed by atoms with Crippen molar-refractivity contribution in [2.24, 2.45) is 0 Å². The van der Waals surface area contributed by atoms with Gasteiger partial charge in [0.2, 0.25) is 11.0 Å². The van der Waals surface area contributed by atoms with Crippen LogP contribution in [0.25, 0.3) is 0 Å². The number of thioether (sulfide) groups is 1. The summed E-state index contributed by atoms with van der Waals surface area (Å²) in [5.41, 5.74) is 1.14. The van der Waals surface area contributed by atoms with Crippen LogP contribution in [-0.4, -0.2) is 36.6 Å². The third-order valence-corrected chi connectivity index (χ3v) is 7.67. The summed E-state index contributed by atoms with van der Waals surface area (Å²) >= 11 is 2.85. The van der Waals surface area contributed by atoms with E-state index in [2.05, 4.69) is 25.7 Å². The number of amides is 1. The fourth-order valence-corrected chi connectivity index (χ4v) is 5.77. The molecule has 1 amide bonds. The monoisotopic (exact) mass is 486 g/mol. The maximum Gasteiger partial charge on any atom is 0.236 e. The summed E-state index contributed by atoms with van der Waals surface area (Å²) in [6, 6.07) is 7.93. The van der Waals surface area contributed by atoms with Crippen LogP contribution < -0.4 is 10.1 Å². The highest BCUT2D eigenvalue weighted by Gasteiger charge is 2.22. The Balaban J connectivity index is 1.33. The largest absolute Gasteiger partial charge is 0.483 e. The van der Waals surface area contributed by atoms with Crippen LogP contribution in [0.4, 0.5) is 5.13 Å². The molecule has 0 saturated heterocycles. The summed E-state index contributed by atoms with van der Waals surface area (Å²) in [6.07, 6.45) is 5.87. The highest BCUT2D eigenvalue weighted by Crippen LogP contribution is 2.35. The van der Waals surface area contributed by atoms with E-state index in [-0.39, 0.29) is 17.8 Å². The van der Waals surface area contributed by atoms with Crippen molar-refractivity contribution in [3.8, 4) is 5.75 Å². The van der Waals surface area contributed by atoms with Gasteiger partial charge in [0, 0.05) is 12.5 Å². The molecule has 2 heterocycles. The lowest BCUT2D eigenvalue weighted by Gasteiger charge is -2.18. The maximum absolute atomic E-state index is 12.5. The molecule has 1 aromatic carbocycles. The third-order valence-electron chi connectivity index (χ3n) is 5.70. The molecule has 1 aliphatic carbocycles. The lowest BCUT2D eigenvalue weighted by molar-refractivity contribution is -0.113. The molecule has 3 aromatic rings. The van der Waals surface area contributed by atoms with E-state index in [0.29, 0.717) is 22.8 Å². The molecule has 1 saturated carbocycles. The Morgan fingerprint density at radius 1 is 1.24 bits per heavy atom. The Bertz CT molecular complexity index is 1080. The molecule has 1 atom stereocenters. The Morgan fingerprint density at radius 3 is 2.82 bits per heavy atom. The second-order valence-electron chi connectivity index (χ2n) is 8.28. The standard InChI is InChI=1S/C23H30N6O2S2/c1-4-29-20(16(3)31-18-12-8-9-15(2)13-18)25-28-23(29)32-14-19(30)24-22-27-26-21(33-22)17-10-6-5-7-11-17/h8-9,12-13,16-17H,4-7,10-11,14H2,1-3H3,(H,24,27,30). The van der Waals surface area contributed by atoms with Gasteiger partial charge >= 0.3 is 0 Å². The number of benzene rings is 1. The normalized spacial score (nSPS) is 15.4. The van der Waals surface area contributed by atoms with Crippen molar-refractivity contribution in [2.45, 2.75) is 76.6 Å². The van der Waals surface area contributed by atoms with E-state index in [0.717, 1.165) is 22.1 Å². The van der Waals surface area contributed by atoms with Gasteiger partial charge in [0.15, 0.2) is 17.1 Å². The predicted octanol–water partition coefficient (Wildman–Crippen LogP) is 5.38. The number of hydrogen-bond acceptors (Lipinski definition) is 8. The maximum atomic E-state index is 12.5. The summed E-state index contributed by atoms with van der Waals surface area (Å²) in [5.74, 6) is 2.13. The lowest BCUT2D eigenvalue weighted by atomic mass is 9.90. The second kappa shape index (κ2) is 11.1. The quantitative estimate of drug-likeness (QED) is 0.406. The van der Waals surface area contributed by atoms with Crippen molar-refractivity contribution in [3.63, 3.8) is 0 Å². The molecule has 1 fully saturated rings. The number of rotatable bonds is 9. The highest BCUT2D eigenvalue weighted by molar-refractivity contribution is 7.99. The van der Waals surface area contributed by atoms with E-state index >= 15 is 0 Å². The summed E-state index contributed by atoms with van der Waals surface area (Å²) in [6.45, 7) is 6.71. The Hall–Kier alpha value is -2.46. The van der Waals surface area contributed by atoms with Gasteiger partial charge in [-0.3, -0.25) is 10.1 Å². The average Bonchev–Trinajstić information content (AvgIpc) is 3.45. The molecule has 1 N–H and O–H groups in total.